The molecular weight excluding hydrogens is 236 g/mol. The first-order valence-electron chi connectivity index (χ1n) is 5.74. The van der Waals surface area contributed by atoms with E-state index in [1.54, 1.807) is 12.1 Å². The molecule has 0 saturated carbocycles. The molecule has 0 aliphatic carbocycles. The maximum absolute atomic E-state index is 9.07. The van der Waals surface area contributed by atoms with E-state index < -0.39 is 0 Å². The molecule has 0 bridgehead atoms. The van der Waals surface area contributed by atoms with Crippen LogP contribution in [-0.4, -0.2) is 11.4 Å². The van der Waals surface area contributed by atoms with Gasteiger partial charge in [-0.3, -0.25) is 10.8 Å². The topological polar surface area (TPSA) is 72.0 Å². The second kappa shape index (κ2) is 6.12. The summed E-state index contributed by atoms with van der Waals surface area (Å²) in [6.07, 6.45) is 0. The molecule has 2 aromatic rings. The summed E-state index contributed by atoms with van der Waals surface area (Å²) < 4.78 is 0. The first-order chi connectivity index (χ1) is 9.31. The summed E-state index contributed by atoms with van der Waals surface area (Å²) in [6.45, 7) is 0. The van der Waals surface area contributed by atoms with Crippen LogP contribution >= 0.6 is 0 Å². The van der Waals surface area contributed by atoms with Crippen molar-refractivity contribution in [2.45, 2.75) is 0 Å². The predicted octanol–water partition coefficient (Wildman–Crippen LogP) is 3.05. The number of hydrazone groups is 1. The molecule has 92 valence electrons. The summed E-state index contributed by atoms with van der Waals surface area (Å²) in [5.74, 6) is 0. The molecule has 2 rings (SSSR count). The standard InChI is InChI=1S/C15H12N4/c16-11-14(15(17)12-7-3-1-4-8-12)19-18-13-9-5-2-6-10-13/h1-10,17-18H/b17-15?,19-14+. The average Bonchev–Trinajstić information content (AvgIpc) is 2.49. The van der Waals surface area contributed by atoms with E-state index in [0.717, 1.165) is 5.69 Å². The Kier molecular flexibility index (Phi) is 4.04. The lowest BCUT2D eigenvalue weighted by Crippen LogP contribution is -2.14. The minimum Gasteiger partial charge on any atom is -0.297 e. The fourth-order valence-electron chi connectivity index (χ4n) is 1.51. The van der Waals surface area contributed by atoms with Crippen LogP contribution in [0.2, 0.25) is 0 Å². The summed E-state index contributed by atoms with van der Waals surface area (Å²) in [4.78, 5) is 0. The van der Waals surface area contributed by atoms with E-state index in [4.69, 9.17) is 10.7 Å². The number of para-hydroxylation sites is 1. The van der Waals surface area contributed by atoms with Gasteiger partial charge in [-0.05, 0) is 12.1 Å². The van der Waals surface area contributed by atoms with E-state index >= 15 is 0 Å². The van der Waals surface area contributed by atoms with Gasteiger partial charge in [-0.25, -0.2) is 0 Å². The van der Waals surface area contributed by atoms with E-state index in [0.29, 0.717) is 5.56 Å². The molecule has 0 spiro atoms. The highest BCUT2D eigenvalue weighted by atomic mass is 15.3. The van der Waals surface area contributed by atoms with Crippen LogP contribution in [0.1, 0.15) is 5.56 Å². The van der Waals surface area contributed by atoms with E-state index in [-0.39, 0.29) is 11.4 Å². The third-order valence-corrected chi connectivity index (χ3v) is 2.48. The van der Waals surface area contributed by atoms with Crippen molar-refractivity contribution in [2.24, 2.45) is 5.10 Å². The van der Waals surface area contributed by atoms with Gasteiger partial charge in [-0.2, -0.15) is 10.4 Å². The summed E-state index contributed by atoms with van der Waals surface area (Å²) in [5, 5.41) is 21.0. The Hall–Kier alpha value is -2.93. The molecule has 19 heavy (non-hydrogen) atoms. The molecular formula is C15H12N4. The van der Waals surface area contributed by atoms with Gasteiger partial charge >= 0.3 is 0 Å². The Morgan fingerprint density at radius 3 is 2.16 bits per heavy atom. The molecule has 0 fully saturated rings. The lowest BCUT2D eigenvalue weighted by Gasteiger charge is -2.03. The third kappa shape index (κ3) is 3.27. The number of benzene rings is 2. The van der Waals surface area contributed by atoms with Gasteiger partial charge in [-0.1, -0.05) is 48.5 Å². The molecule has 0 saturated heterocycles. The number of hydrogen-bond donors (Lipinski definition) is 2. The van der Waals surface area contributed by atoms with Crippen LogP contribution in [0.4, 0.5) is 5.69 Å². The van der Waals surface area contributed by atoms with Gasteiger partial charge in [0, 0.05) is 5.56 Å². The lowest BCUT2D eigenvalue weighted by molar-refractivity contribution is 1.34. The second-order valence-corrected chi connectivity index (χ2v) is 3.79. The van der Waals surface area contributed by atoms with Crippen LogP contribution in [0.15, 0.2) is 65.8 Å². The van der Waals surface area contributed by atoms with E-state index in [9.17, 15) is 0 Å². The van der Waals surface area contributed by atoms with Crippen molar-refractivity contribution in [2.75, 3.05) is 5.43 Å². The van der Waals surface area contributed by atoms with Gasteiger partial charge < -0.3 is 0 Å². The number of nitrogens with zero attached hydrogens (tertiary/aromatic N) is 2. The molecule has 4 nitrogen and oxygen atoms in total. The number of nitriles is 1. The maximum atomic E-state index is 9.07. The van der Waals surface area contributed by atoms with Crippen LogP contribution in [0.3, 0.4) is 0 Å². The Balaban J connectivity index is 2.17. The van der Waals surface area contributed by atoms with E-state index in [2.05, 4.69) is 10.5 Å². The number of anilines is 1. The molecule has 0 aliphatic rings. The van der Waals surface area contributed by atoms with Crippen molar-refractivity contribution in [3.8, 4) is 6.07 Å². The smallest absolute Gasteiger partial charge is 0.186 e. The Labute approximate surface area is 111 Å². The highest BCUT2D eigenvalue weighted by Gasteiger charge is 2.08. The van der Waals surface area contributed by atoms with Gasteiger partial charge in [0.2, 0.25) is 0 Å². The molecule has 0 atom stereocenters. The van der Waals surface area contributed by atoms with Crippen molar-refractivity contribution < 1.29 is 0 Å². The molecule has 4 heteroatoms. The zero-order chi connectivity index (χ0) is 13.5. The molecule has 0 aromatic heterocycles. The van der Waals surface area contributed by atoms with Crippen LogP contribution in [-0.2, 0) is 0 Å². The summed E-state index contributed by atoms with van der Waals surface area (Å²) in [5.41, 5.74) is 4.36. The zero-order valence-corrected chi connectivity index (χ0v) is 10.2. The Bertz CT molecular complexity index is 624. The van der Waals surface area contributed by atoms with Crippen molar-refractivity contribution in [1.82, 2.24) is 0 Å². The second-order valence-electron chi connectivity index (χ2n) is 3.79. The molecule has 0 radical (unpaired) electrons. The average molecular weight is 248 g/mol. The molecule has 2 N–H and O–H groups in total. The molecule has 0 aliphatic heterocycles. The lowest BCUT2D eigenvalue weighted by atomic mass is 10.1. The first kappa shape index (κ1) is 12.5. The van der Waals surface area contributed by atoms with Crippen molar-refractivity contribution in [3.63, 3.8) is 0 Å². The molecule has 2 aromatic carbocycles. The van der Waals surface area contributed by atoms with Gasteiger partial charge in [-0.15, -0.1) is 0 Å². The number of nitrogens with one attached hydrogen (secondary N) is 2. The largest absolute Gasteiger partial charge is 0.297 e. The summed E-state index contributed by atoms with van der Waals surface area (Å²) in [6, 6.07) is 20.3. The SMILES string of the molecule is N#C/C(=N\Nc1ccccc1)C(=N)c1ccccc1. The first-order valence-corrected chi connectivity index (χ1v) is 5.74. The minimum atomic E-state index is 0.0510. The monoisotopic (exact) mass is 248 g/mol. The van der Waals surface area contributed by atoms with E-state index in [1.807, 2.05) is 54.6 Å². The van der Waals surface area contributed by atoms with Crippen LogP contribution < -0.4 is 5.43 Å². The number of rotatable bonds is 4. The van der Waals surface area contributed by atoms with Gasteiger partial charge in [0.1, 0.15) is 6.07 Å². The van der Waals surface area contributed by atoms with Crippen molar-refractivity contribution in [1.29, 1.82) is 10.7 Å². The van der Waals surface area contributed by atoms with Gasteiger partial charge in [0.15, 0.2) is 5.71 Å². The molecule has 0 heterocycles. The van der Waals surface area contributed by atoms with Crippen molar-refractivity contribution in [3.05, 3.63) is 66.2 Å². The van der Waals surface area contributed by atoms with Crippen LogP contribution in [0.5, 0.6) is 0 Å². The predicted molar refractivity (Wildman–Crippen MR) is 76.4 cm³/mol. The fourth-order valence-corrected chi connectivity index (χ4v) is 1.51. The highest BCUT2D eigenvalue weighted by Crippen LogP contribution is 2.06. The molecule has 0 unspecified atom stereocenters. The van der Waals surface area contributed by atoms with Crippen LogP contribution in [0, 0.1) is 16.7 Å². The van der Waals surface area contributed by atoms with Crippen LogP contribution in [0.25, 0.3) is 0 Å². The van der Waals surface area contributed by atoms with Gasteiger partial charge in [0.25, 0.3) is 0 Å². The number of hydrogen-bond acceptors (Lipinski definition) is 4. The summed E-state index contributed by atoms with van der Waals surface area (Å²) >= 11 is 0. The zero-order valence-electron chi connectivity index (χ0n) is 10.2. The fraction of sp³-hybridized carbons (Fsp3) is 0. The summed E-state index contributed by atoms with van der Waals surface area (Å²) in [7, 11) is 0. The Morgan fingerprint density at radius 2 is 1.58 bits per heavy atom. The van der Waals surface area contributed by atoms with E-state index in [1.165, 1.54) is 0 Å². The quantitative estimate of drug-likeness (QED) is 0.644. The van der Waals surface area contributed by atoms with Gasteiger partial charge in [0.05, 0.1) is 11.4 Å². The third-order valence-electron chi connectivity index (χ3n) is 2.48. The minimum absolute atomic E-state index is 0.0510. The highest BCUT2D eigenvalue weighted by molar-refractivity contribution is 6.52. The molecule has 0 amide bonds. The maximum Gasteiger partial charge on any atom is 0.186 e. The normalized spacial score (nSPS) is 10.6. The van der Waals surface area contributed by atoms with Crippen molar-refractivity contribution >= 4 is 17.1 Å². The Morgan fingerprint density at radius 1 is 1.00 bits per heavy atom.